The number of hydrogen-bond donors (Lipinski definition) is 1. The number of Topliss-reactive ketones (excluding diaryl/α,β-unsaturated/α-hetero) is 1. The standard InChI is InChI=1S/C19H28O6/c1-12(20)24-9-7-17(22)18-16-5-4-14(11-25-13(2)21)10-15(16)6-8-19(18,3)23/h6,8,14-16,18,23H,4-5,7,9-11H2,1-3H3. The van der Waals surface area contributed by atoms with E-state index in [1.54, 1.807) is 13.0 Å². The van der Waals surface area contributed by atoms with Gasteiger partial charge in [0.15, 0.2) is 0 Å². The third kappa shape index (κ3) is 5.14. The van der Waals surface area contributed by atoms with Crippen LogP contribution in [0.3, 0.4) is 0 Å². The Morgan fingerprint density at radius 3 is 2.48 bits per heavy atom. The van der Waals surface area contributed by atoms with E-state index in [9.17, 15) is 19.5 Å². The molecule has 5 atom stereocenters. The first-order valence-electron chi connectivity index (χ1n) is 8.92. The fourth-order valence-corrected chi connectivity index (χ4v) is 4.21. The molecule has 2 aliphatic rings. The normalized spacial score (nSPS) is 34.1. The number of fused-ring (bicyclic) bond motifs is 1. The zero-order valence-electron chi connectivity index (χ0n) is 15.2. The summed E-state index contributed by atoms with van der Waals surface area (Å²) in [5, 5.41) is 10.7. The number of aliphatic hydroxyl groups is 1. The molecule has 0 amide bonds. The second-order valence-electron chi connectivity index (χ2n) is 7.43. The summed E-state index contributed by atoms with van der Waals surface area (Å²) in [7, 11) is 0. The number of hydrogen-bond acceptors (Lipinski definition) is 6. The molecule has 1 fully saturated rings. The van der Waals surface area contributed by atoms with Crippen molar-refractivity contribution < 1.29 is 29.0 Å². The SMILES string of the molecule is CC(=O)OCCC(=O)C1C2CCC(COC(C)=O)CC2C=CC1(C)O. The highest BCUT2D eigenvalue weighted by Crippen LogP contribution is 2.46. The van der Waals surface area contributed by atoms with Crippen LogP contribution in [0.5, 0.6) is 0 Å². The third-order valence-electron chi connectivity index (χ3n) is 5.33. The van der Waals surface area contributed by atoms with Crippen LogP contribution in [0.15, 0.2) is 12.2 Å². The van der Waals surface area contributed by atoms with Crippen LogP contribution in [0.25, 0.3) is 0 Å². The molecular weight excluding hydrogens is 324 g/mol. The number of allylic oxidation sites excluding steroid dienone is 1. The summed E-state index contributed by atoms with van der Waals surface area (Å²) in [6.45, 7) is 4.84. The summed E-state index contributed by atoms with van der Waals surface area (Å²) in [5.74, 6) is -0.697. The molecule has 25 heavy (non-hydrogen) atoms. The molecule has 0 heterocycles. The molecule has 6 nitrogen and oxygen atoms in total. The zero-order chi connectivity index (χ0) is 18.6. The second kappa shape index (κ2) is 8.13. The van der Waals surface area contributed by atoms with E-state index in [1.807, 2.05) is 6.08 Å². The van der Waals surface area contributed by atoms with E-state index in [-0.39, 0.29) is 42.5 Å². The van der Waals surface area contributed by atoms with Crippen molar-refractivity contribution in [2.24, 2.45) is 23.7 Å². The molecular formula is C19H28O6. The van der Waals surface area contributed by atoms with Crippen LogP contribution >= 0.6 is 0 Å². The highest BCUT2D eigenvalue weighted by molar-refractivity contribution is 5.83. The number of carbonyl (C=O) groups excluding carboxylic acids is 3. The van der Waals surface area contributed by atoms with Gasteiger partial charge in [0.25, 0.3) is 0 Å². The first kappa shape index (κ1) is 19.6. The van der Waals surface area contributed by atoms with Crippen LogP contribution in [0.4, 0.5) is 0 Å². The molecule has 0 aromatic heterocycles. The first-order chi connectivity index (χ1) is 11.7. The van der Waals surface area contributed by atoms with Crippen LogP contribution in [0, 0.1) is 23.7 Å². The van der Waals surface area contributed by atoms with Crippen LogP contribution in [0.2, 0.25) is 0 Å². The van der Waals surface area contributed by atoms with Crippen molar-refractivity contribution in [3.63, 3.8) is 0 Å². The molecule has 0 radical (unpaired) electrons. The Bertz CT molecular complexity index is 550. The van der Waals surface area contributed by atoms with Gasteiger partial charge in [-0.25, -0.2) is 0 Å². The lowest BCUT2D eigenvalue weighted by Crippen LogP contribution is -2.49. The molecule has 1 N–H and O–H groups in total. The monoisotopic (exact) mass is 352 g/mol. The third-order valence-corrected chi connectivity index (χ3v) is 5.33. The Morgan fingerprint density at radius 2 is 1.84 bits per heavy atom. The second-order valence-corrected chi connectivity index (χ2v) is 7.43. The fraction of sp³-hybridized carbons (Fsp3) is 0.737. The summed E-state index contributed by atoms with van der Waals surface area (Å²) in [6.07, 6.45) is 6.36. The number of ketones is 1. The van der Waals surface area contributed by atoms with E-state index in [0.29, 0.717) is 6.61 Å². The van der Waals surface area contributed by atoms with Crippen LogP contribution < -0.4 is 0 Å². The molecule has 5 unspecified atom stereocenters. The average molecular weight is 352 g/mol. The fourth-order valence-electron chi connectivity index (χ4n) is 4.21. The quantitative estimate of drug-likeness (QED) is 0.581. The Balaban J connectivity index is 2.03. The van der Waals surface area contributed by atoms with E-state index in [1.165, 1.54) is 13.8 Å². The predicted octanol–water partition coefficient (Wildman–Crippen LogP) is 2.04. The van der Waals surface area contributed by atoms with Gasteiger partial charge in [0.05, 0.1) is 24.7 Å². The Labute approximate surface area is 148 Å². The lowest BCUT2D eigenvalue weighted by atomic mass is 9.60. The van der Waals surface area contributed by atoms with E-state index >= 15 is 0 Å². The molecule has 0 aliphatic heterocycles. The number of carbonyl (C=O) groups is 3. The molecule has 0 aromatic carbocycles. The summed E-state index contributed by atoms with van der Waals surface area (Å²) < 4.78 is 10.00. The molecule has 6 heteroatoms. The van der Waals surface area contributed by atoms with Crippen LogP contribution in [-0.4, -0.2) is 41.6 Å². The minimum absolute atomic E-state index is 0.0525. The van der Waals surface area contributed by atoms with Gasteiger partial charge in [-0.3, -0.25) is 14.4 Å². The van der Waals surface area contributed by atoms with Gasteiger partial charge in [-0.15, -0.1) is 0 Å². The summed E-state index contributed by atoms with van der Waals surface area (Å²) in [6, 6.07) is 0. The summed E-state index contributed by atoms with van der Waals surface area (Å²) >= 11 is 0. The van der Waals surface area contributed by atoms with Gasteiger partial charge < -0.3 is 14.6 Å². The van der Waals surface area contributed by atoms with Crippen molar-refractivity contribution in [2.75, 3.05) is 13.2 Å². The molecule has 1 saturated carbocycles. The zero-order valence-corrected chi connectivity index (χ0v) is 15.2. The van der Waals surface area contributed by atoms with Crippen LogP contribution in [-0.2, 0) is 23.9 Å². The predicted molar refractivity (Wildman–Crippen MR) is 90.5 cm³/mol. The van der Waals surface area contributed by atoms with Gasteiger partial charge in [0, 0.05) is 20.3 Å². The maximum atomic E-state index is 12.7. The lowest BCUT2D eigenvalue weighted by Gasteiger charge is -2.46. The van der Waals surface area contributed by atoms with Gasteiger partial charge in [-0.2, -0.15) is 0 Å². The highest BCUT2D eigenvalue weighted by Gasteiger charge is 2.47. The maximum absolute atomic E-state index is 12.7. The Morgan fingerprint density at radius 1 is 1.16 bits per heavy atom. The largest absolute Gasteiger partial charge is 0.466 e. The van der Waals surface area contributed by atoms with Gasteiger partial charge in [-0.1, -0.05) is 12.2 Å². The van der Waals surface area contributed by atoms with Crippen molar-refractivity contribution in [3.8, 4) is 0 Å². The van der Waals surface area contributed by atoms with E-state index in [0.717, 1.165) is 19.3 Å². The van der Waals surface area contributed by atoms with E-state index in [2.05, 4.69) is 0 Å². The van der Waals surface area contributed by atoms with E-state index < -0.39 is 17.5 Å². The molecule has 0 saturated heterocycles. The first-order valence-corrected chi connectivity index (χ1v) is 8.92. The topological polar surface area (TPSA) is 89.9 Å². The molecule has 140 valence electrons. The van der Waals surface area contributed by atoms with Gasteiger partial charge in [0.2, 0.25) is 0 Å². The summed E-state index contributed by atoms with van der Waals surface area (Å²) in [5.41, 5.74) is -1.18. The van der Waals surface area contributed by atoms with Gasteiger partial charge in [-0.05, 0) is 43.9 Å². The molecule has 2 rings (SSSR count). The van der Waals surface area contributed by atoms with Gasteiger partial charge >= 0.3 is 11.9 Å². The Hall–Kier alpha value is -1.69. The van der Waals surface area contributed by atoms with Crippen molar-refractivity contribution in [1.82, 2.24) is 0 Å². The number of ether oxygens (including phenoxy) is 2. The summed E-state index contributed by atoms with van der Waals surface area (Å²) in [4.78, 5) is 34.6. The highest BCUT2D eigenvalue weighted by atomic mass is 16.5. The van der Waals surface area contributed by atoms with Crippen molar-refractivity contribution in [1.29, 1.82) is 0 Å². The number of rotatable bonds is 6. The molecule has 0 aromatic rings. The number of esters is 2. The minimum atomic E-state index is -1.18. The minimum Gasteiger partial charge on any atom is -0.466 e. The van der Waals surface area contributed by atoms with Crippen molar-refractivity contribution in [3.05, 3.63) is 12.2 Å². The lowest BCUT2D eigenvalue weighted by molar-refractivity contribution is -0.143. The smallest absolute Gasteiger partial charge is 0.302 e. The molecule has 2 aliphatic carbocycles. The van der Waals surface area contributed by atoms with Gasteiger partial charge in [0.1, 0.15) is 5.78 Å². The van der Waals surface area contributed by atoms with Crippen molar-refractivity contribution >= 4 is 17.7 Å². The Kier molecular flexibility index (Phi) is 6.38. The molecule has 0 bridgehead atoms. The van der Waals surface area contributed by atoms with Crippen molar-refractivity contribution in [2.45, 2.75) is 52.1 Å². The van der Waals surface area contributed by atoms with Crippen LogP contribution in [0.1, 0.15) is 46.5 Å². The maximum Gasteiger partial charge on any atom is 0.302 e. The molecule has 0 spiro atoms. The average Bonchev–Trinajstić information content (AvgIpc) is 2.51. The van der Waals surface area contributed by atoms with E-state index in [4.69, 9.17) is 9.47 Å².